The summed E-state index contributed by atoms with van der Waals surface area (Å²) in [6.45, 7) is 8.46. The Kier molecular flexibility index (Phi) is 4.16. The summed E-state index contributed by atoms with van der Waals surface area (Å²) in [5, 5.41) is 15.7. The molecule has 1 heterocycles. The number of hydrogen-bond donors (Lipinski definition) is 1. The van der Waals surface area contributed by atoms with Crippen molar-refractivity contribution in [3.8, 4) is 0 Å². The Hall–Kier alpha value is -1.06. The lowest BCUT2D eigenvalue weighted by atomic mass is 10.0. The molecule has 1 atom stereocenters. The standard InChI is InChI=1S/C15H21ClN2O/c1-5-14-12-6-11(9(2)3)7-13(16)15(12)17-18(14)10(4)8-19/h6-7,9-10,19H,5,8H2,1-4H3/t10-/m0/s1. The van der Waals surface area contributed by atoms with Crippen molar-refractivity contribution < 1.29 is 5.11 Å². The summed E-state index contributed by atoms with van der Waals surface area (Å²) >= 11 is 6.36. The summed E-state index contributed by atoms with van der Waals surface area (Å²) in [5.41, 5.74) is 3.20. The molecular weight excluding hydrogens is 260 g/mol. The number of aliphatic hydroxyl groups is 1. The lowest BCUT2D eigenvalue weighted by molar-refractivity contribution is 0.228. The van der Waals surface area contributed by atoms with Gasteiger partial charge in [-0.2, -0.15) is 5.10 Å². The number of rotatable bonds is 4. The predicted octanol–water partition coefficient (Wildman–Crippen LogP) is 3.93. The number of nitrogens with zero attached hydrogens (tertiary/aromatic N) is 2. The van der Waals surface area contributed by atoms with E-state index < -0.39 is 0 Å². The SMILES string of the molecule is CCc1c2cc(C(C)C)cc(Cl)c2nn1[C@@H](C)CO. The van der Waals surface area contributed by atoms with Gasteiger partial charge in [-0.05, 0) is 37.0 Å². The van der Waals surface area contributed by atoms with Gasteiger partial charge < -0.3 is 5.11 Å². The Balaban J connectivity index is 2.72. The normalized spacial score (nSPS) is 13.4. The largest absolute Gasteiger partial charge is 0.394 e. The molecule has 0 amide bonds. The van der Waals surface area contributed by atoms with Crippen LogP contribution in [0.15, 0.2) is 12.1 Å². The van der Waals surface area contributed by atoms with Gasteiger partial charge in [-0.3, -0.25) is 4.68 Å². The highest BCUT2D eigenvalue weighted by molar-refractivity contribution is 6.35. The summed E-state index contributed by atoms with van der Waals surface area (Å²) in [5.74, 6) is 0.435. The fourth-order valence-corrected chi connectivity index (χ4v) is 2.63. The van der Waals surface area contributed by atoms with Crippen molar-refractivity contribution in [2.75, 3.05) is 6.61 Å². The van der Waals surface area contributed by atoms with Crippen LogP contribution in [0.2, 0.25) is 5.02 Å². The lowest BCUT2D eigenvalue weighted by Crippen LogP contribution is -2.13. The highest BCUT2D eigenvalue weighted by Gasteiger charge is 2.17. The van der Waals surface area contributed by atoms with Gasteiger partial charge in [0.1, 0.15) is 5.52 Å². The first-order chi connectivity index (χ1) is 8.99. The topological polar surface area (TPSA) is 38.0 Å². The Morgan fingerprint density at radius 1 is 1.32 bits per heavy atom. The first-order valence-corrected chi connectivity index (χ1v) is 7.18. The zero-order valence-corrected chi connectivity index (χ0v) is 12.7. The molecule has 3 nitrogen and oxygen atoms in total. The van der Waals surface area contributed by atoms with Gasteiger partial charge in [0.2, 0.25) is 0 Å². The van der Waals surface area contributed by atoms with E-state index in [4.69, 9.17) is 11.6 Å². The maximum atomic E-state index is 9.35. The minimum atomic E-state index is -0.0269. The molecule has 1 N–H and O–H groups in total. The molecule has 104 valence electrons. The number of hydrogen-bond acceptors (Lipinski definition) is 2. The molecule has 4 heteroatoms. The van der Waals surface area contributed by atoms with E-state index in [0.29, 0.717) is 10.9 Å². The highest BCUT2D eigenvalue weighted by atomic mass is 35.5. The van der Waals surface area contributed by atoms with Crippen molar-refractivity contribution in [1.29, 1.82) is 0 Å². The maximum Gasteiger partial charge on any atom is 0.111 e. The second-order valence-electron chi connectivity index (χ2n) is 5.33. The molecule has 1 aromatic carbocycles. The first kappa shape index (κ1) is 14.4. The van der Waals surface area contributed by atoms with E-state index in [-0.39, 0.29) is 12.6 Å². The molecule has 0 saturated heterocycles. The van der Waals surface area contributed by atoms with E-state index in [0.717, 1.165) is 23.0 Å². The average molecular weight is 281 g/mol. The number of halogens is 1. The van der Waals surface area contributed by atoms with E-state index >= 15 is 0 Å². The first-order valence-electron chi connectivity index (χ1n) is 6.80. The molecule has 1 aromatic heterocycles. The van der Waals surface area contributed by atoms with Gasteiger partial charge >= 0.3 is 0 Å². The van der Waals surface area contributed by atoms with Crippen molar-refractivity contribution in [3.05, 3.63) is 28.4 Å². The van der Waals surface area contributed by atoms with Gasteiger partial charge in [0, 0.05) is 11.1 Å². The average Bonchev–Trinajstić information content (AvgIpc) is 2.76. The molecule has 0 fully saturated rings. The van der Waals surface area contributed by atoms with Crippen LogP contribution in [0.1, 0.15) is 50.9 Å². The van der Waals surface area contributed by atoms with Gasteiger partial charge in [0.15, 0.2) is 0 Å². The summed E-state index contributed by atoms with van der Waals surface area (Å²) in [6.07, 6.45) is 0.874. The number of aromatic nitrogens is 2. The smallest absolute Gasteiger partial charge is 0.111 e. The molecule has 0 radical (unpaired) electrons. The van der Waals surface area contributed by atoms with Crippen LogP contribution in [0, 0.1) is 0 Å². The van der Waals surface area contributed by atoms with E-state index in [9.17, 15) is 5.11 Å². The molecule has 0 aliphatic carbocycles. The molecule has 2 aromatic rings. The minimum absolute atomic E-state index is 0.0269. The van der Waals surface area contributed by atoms with Gasteiger partial charge in [-0.15, -0.1) is 0 Å². The molecule has 2 rings (SSSR count). The van der Waals surface area contributed by atoms with Crippen LogP contribution < -0.4 is 0 Å². The molecular formula is C15H21ClN2O. The second kappa shape index (κ2) is 5.51. The van der Waals surface area contributed by atoms with E-state index in [1.807, 2.05) is 17.7 Å². The van der Waals surface area contributed by atoms with Crippen molar-refractivity contribution in [1.82, 2.24) is 9.78 Å². The fraction of sp³-hybridized carbons (Fsp3) is 0.533. The summed E-state index contributed by atoms with van der Waals surface area (Å²) in [7, 11) is 0. The number of fused-ring (bicyclic) bond motifs is 1. The maximum absolute atomic E-state index is 9.35. The minimum Gasteiger partial charge on any atom is -0.394 e. The van der Waals surface area contributed by atoms with Crippen molar-refractivity contribution in [2.45, 2.75) is 46.1 Å². The Labute approximate surface area is 119 Å². The molecule has 0 spiro atoms. The molecule has 0 saturated carbocycles. The van der Waals surface area contributed by atoms with Gasteiger partial charge in [-0.1, -0.05) is 32.4 Å². The van der Waals surface area contributed by atoms with Gasteiger partial charge in [0.05, 0.1) is 17.7 Å². The third-order valence-electron chi connectivity index (χ3n) is 3.56. The Morgan fingerprint density at radius 2 is 2.00 bits per heavy atom. The summed E-state index contributed by atoms with van der Waals surface area (Å²) in [4.78, 5) is 0. The monoisotopic (exact) mass is 280 g/mol. The third-order valence-corrected chi connectivity index (χ3v) is 3.85. The van der Waals surface area contributed by atoms with Crippen LogP contribution >= 0.6 is 11.6 Å². The van der Waals surface area contributed by atoms with Crippen molar-refractivity contribution in [2.24, 2.45) is 0 Å². The number of aryl methyl sites for hydroxylation is 1. The molecule has 19 heavy (non-hydrogen) atoms. The number of benzene rings is 1. The van der Waals surface area contributed by atoms with Crippen molar-refractivity contribution >= 4 is 22.5 Å². The Morgan fingerprint density at radius 3 is 2.53 bits per heavy atom. The van der Waals surface area contributed by atoms with Crippen LogP contribution in [-0.4, -0.2) is 21.5 Å². The molecule has 0 unspecified atom stereocenters. The zero-order valence-electron chi connectivity index (χ0n) is 11.9. The van der Waals surface area contributed by atoms with Gasteiger partial charge in [-0.25, -0.2) is 0 Å². The third kappa shape index (κ3) is 2.49. The number of aliphatic hydroxyl groups excluding tert-OH is 1. The highest BCUT2D eigenvalue weighted by Crippen LogP contribution is 2.31. The van der Waals surface area contributed by atoms with Crippen LogP contribution in [-0.2, 0) is 6.42 Å². The molecule has 0 aliphatic rings. The lowest BCUT2D eigenvalue weighted by Gasteiger charge is -2.12. The van der Waals surface area contributed by atoms with Gasteiger partial charge in [0.25, 0.3) is 0 Å². The Bertz CT molecular complexity index is 589. The van der Waals surface area contributed by atoms with Crippen LogP contribution in [0.5, 0.6) is 0 Å². The fourth-order valence-electron chi connectivity index (χ4n) is 2.36. The van der Waals surface area contributed by atoms with Crippen LogP contribution in [0.25, 0.3) is 10.9 Å². The summed E-state index contributed by atoms with van der Waals surface area (Å²) in [6, 6.07) is 4.15. The van der Waals surface area contributed by atoms with E-state index in [2.05, 4.69) is 31.9 Å². The van der Waals surface area contributed by atoms with Crippen molar-refractivity contribution in [3.63, 3.8) is 0 Å². The van der Waals surface area contributed by atoms with E-state index in [1.165, 1.54) is 5.56 Å². The van der Waals surface area contributed by atoms with Crippen LogP contribution in [0.4, 0.5) is 0 Å². The second-order valence-corrected chi connectivity index (χ2v) is 5.74. The quantitative estimate of drug-likeness (QED) is 0.921. The predicted molar refractivity (Wildman–Crippen MR) is 80.0 cm³/mol. The van der Waals surface area contributed by atoms with E-state index in [1.54, 1.807) is 0 Å². The summed E-state index contributed by atoms with van der Waals surface area (Å²) < 4.78 is 1.90. The zero-order chi connectivity index (χ0) is 14.2. The molecule has 0 aliphatic heterocycles. The molecule has 0 bridgehead atoms. The van der Waals surface area contributed by atoms with Crippen LogP contribution in [0.3, 0.4) is 0 Å².